The van der Waals surface area contributed by atoms with Crippen LogP contribution in [-0.2, 0) is 0 Å². The number of rotatable bonds is 6. The molecule has 5 nitrogen and oxygen atoms in total. The topological polar surface area (TPSA) is 36.7 Å². The van der Waals surface area contributed by atoms with Gasteiger partial charge in [-0.2, -0.15) is 5.10 Å². The molecule has 0 saturated heterocycles. The summed E-state index contributed by atoms with van der Waals surface area (Å²) in [6, 6.07) is 10.0. The summed E-state index contributed by atoms with van der Waals surface area (Å²) in [6.45, 7) is 2.21. The average molecular weight is 394 g/mol. The fourth-order valence-corrected chi connectivity index (χ4v) is 4.59. The van der Waals surface area contributed by atoms with E-state index in [9.17, 15) is 0 Å². The van der Waals surface area contributed by atoms with Gasteiger partial charge >= 0.3 is 0 Å². The van der Waals surface area contributed by atoms with Crippen molar-refractivity contribution in [1.29, 1.82) is 0 Å². The van der Waals surface area contributed by atoms with E-state index < -0.39 is 0 Å². The van der Waals surface area contributed by atoms with Crippen LogP contribution in [0.2, 0.25) is 0 Å². The number of pyridine rings is 2. The Morgan fingerprint density at radius 2 is 1.75 bits per heavy atom. The minimum Gasteiger partial charge on any atom is -0.363 e. The second-order valence-electron chi connectivity index (χ2n) is 8.19. The molecule has 0 spiro atoms. The zero-order chi connectivity index (χ0) is 19.4. The highest BCUT2D eigenvalue weighted by Crippen LogP contribution is 2.47. The van der Waals surface area contributed by atoms with Crippen LogP contribution < -0.4 is 9.80 Å². The average Bonchev–Trinajstić information content (AvgIpc) is 3.61. The SMILES string of the molecule is CSc1nn2c(-c3ccc(N(C)C)nc3)ccc(C)c2c1N(C1CC1)C1CC1. The highest BCUT2D eigenvalue weighted by Gasteiger charge is 2.42. The summed E-state index contributed by atoms with van der Waals surface area (Å²) >= 11 is 1.76. The van der Waals surface area contributed by atoms with Crippen LogP contribution in [0.3, 0.4) is 0 Å². The molecule has 3 aromatic heterocycles. The summed E-state index contributed by atoms with van der Waals surface area (Å²) in [5, 5.41) is 6.21. The van der Waals surface area contributed by atoms with Crippen molar-refractivity contribution in [3.05, 3.63) is 36.0 Å². The normalized spacial score (nSPS) is 16.6. The summed E-state index contributed by atoms with van der Waals surface area (Å²) in [6.07, 6.45) is 9.37. The molecule has 0 unspecified atom stereocenters. The number of hydrogen-bond acceptors (Lipinski definition) is 5. The van der Waals surface area contributed by atoms with Gasteiger partial charge in [0.1, 0.15) is 10.8 Å². The lowest BCUT2D eigenvalue weighted by Crippen LogP contribution is -2.28. The minimum absolute atomic E-state index is 0.704. The number of thioether (sulfide) groups is 1. The Hall–Kier alpha value is -2.21. The maximum absolute atomic E-state index is 5.07. The van der Waals surface area contributed by atoms with E-state index in [1.54, 1.807) is 11.8 Å². The van der Waals surface area contributed by atoms with Crippen LogP contribution in [0.25, 0.3) is 16.8 Å². The molecule has 0 aliphatic heterocycles. The molecule has 2 aliphatic rings. The lowest BCUT2D eigenvalue weighted by atomic mass is 10.1. The van der Waals surface area contributed by atoms with Gasteiger partial charge in [0.25, 0.3) is 0 Å². The molecule has 146 valence electrons. The Morgan fingerprint density at radius 3 is 2.29 bits per heavy atom. The molecule has 0 atom stereocenters. The highest BCUT2D eigenvalue weighted by molar-refractivity contribution is 7.98. The third-order valence-corrected chi connectivity index (χ3v) is 6.42. The minimum atomic E-state index is 0.704. The lowest BCUT2D eigenvalue weighted by Gasteiger charge is -2.25. The predicted molar refractivity (Wildman–Crippen MR) is 118 cm³/mol. The fourth-order valence-electron chi connectivity index (χ4n) is 4.03. The van der Waals surface area contributed by atoms with E-state index in [-0.39, 0.29) is 0 Å². The van der Waals surface area contributed by atoms with Crippen molar-refractivity contribution in [1.82, 2.24) is 14.6 Å². The van der Waals surface area contributed by atoms with Crippen molar-refractivity contribution < 1.29 is 0 Å². The maximum Gasteiger partial charge on any atom is 0.142 e. The van der Waals surface area contributed by atoms with E-state index in [0.717, 1.165) is 22.1 Å². The Kier molecular flexibility index (Phi) is 4.27. The summed E-state index contributed by atoms with van der Waals surface area (Å²) in [5.74, 6) is 0.965. The van der Waals surface area contributed by atoms with Gasteiger partial charge in [-0.05, 0) is 62.6 Å². The highest BCUT2D eigenvalue weighted by atomic mass is 32.2. The number of hydrogen-bond donors (Lipinski definition) is 0. The second kappa shape index (κ2) is 6.69. The first-order valence-electron chi connectivity index (χ1n) is 10.1. The van der Waals surface area contributed by atoms with Crippen LogP contribution in [0, 0.1) is 6.92 Å². The van der Waals surface area contributed by atoms with Gasteiger partial charge in [-0.25, -0.2) is 9.50 Å². The summed E-state index contributed by atoms with van der Waals surface area (Å²) in [4.78, 5) is 9.33. The Balaban J connectivity index is 1.69. The van der Waals surface area contributed by atoms with Gasteiger partial charge in [-0.3, -0.25) is 0 Å². The third-order valence-electron chi connectivity index (χ3n) is 5.76. The van der Waals surface area contributed by atoms with Crippen LogP contribution in [0.1, 0.15) is 31.2 Å². The monoisotopic (exact) mass is 393 g/mol. The number of fused-ring (bicyclic) bond motifs is 1. The first kappa shape index (κ1) is 17.9. The maximum atomic E-state index is 5.07. The van der Waals surface area contributed by atoms with Gasteiger partial charge in [-0.1, -0.05) is 6.07 Å². The molecule has 5 rings (SSSR count). The first-order valence-corrected chi connectivity index (χ1v) is 11.3. The van der Waals surface area contributed by atoms with Crippen LogP contribution in [0.15, 0.2) is 35.5 Å². The molecular weight excluding hydrogens is 366 g/mol. The van der Waals surface area contributed by atoms with Crippen molar-refractivity contribution in [2.24, 2.45) is 0 Å². The third kappa shape index (κ3) is 2.94. The standard InChI is InChI=1S/C22H27N5S/c1-14-5-11-18(15-6-12-19(23-13-15)25(2)3)27-20(14)21(22(24-27)28-4)26(16-7-8-16)17-9-10-17/h5-6,11-13,16-17H,7-10H2,1-4H3. The molecule has 0 aromatic carbocycles. The van der Waals surface area contributed by atoms with Crippen LogP contribution in [0.5, 0.6) is 0 Å². The van der Waals surface area contributed by atoms with Gasteiger partial charge in [0.15, 0.2) is 0 Å². The van der Waals surface area contributed by atoms with E-state index in [2.05, 4.69) is 51.8 Å². The quantitative estimate of drug-likeness (QED) is 0.571. The largest absolute Gasteiger partial charge is 0.363 e. The summed E-state index contributed by atoms with van der Waals surface area (Å²) in [7, 11) is 4.03. The number of aryl methyl sites for hydroxylation is 1. The number of aromatic nitrogens is 3. The van der Waals surface area contributed by atoms with Crippen LogP contribution in [0.4, 0.5) is 11.5 Å². The van der Waals surface area contributed by atoms with E-state index in [0.29, 0.717) is 12.1 Å². The van der Waals surface area contributed by atoms with E-state index in [1.165, 1.54) is 42.5 Å². The van der Waals surface area contributed by atoms with Crippen molar-refractivity contribution in [2.75, 3.05) is 30.2 Å². The molecular formula is C22H27N5S. The number of anilines is 2. The van der Waals surface area contributed by atoms with Crippen molar-refractivity contribution in [3.8, 4) is 11.3 Å². The Morgan fingerprint density at radius 1 is 1.04 bits per heavy atom. The zero-order valence-corrected chi connectivity index (χ0v) is 17.8. The smallest absolute Gasteiger partial charge is 0.142 e. The lowest BCUT2D eigenvalue weighted by molar-refractivity contribution is 0.781. The van der Waals surface area contributed by atoms with Crippen molar-refractivity contribution >= 4 is 28.8 Å². The summed E-state index contributed by atoms with van der Waals surface area (Å²) in [5.41, 5.74) is 6.11. The Bertz CT molecular complexity index is 1000. The molecule has 6 heteroatoms. The molecule has 3 heterocycles. The van der Waals surface area contributed by atoms with E-state index in [4.69, 9.17) is 5.10 Å². The van der Waals surface area contributed by atoms with Gasteiger partial charge in [0, 0.05) is 37.9 Å². The van der Waals surface area contributed by atoms with Crippen molar-refractivity contribution in [2.45, 2.75) is 49.7 Å². The molecule has 3 aromatic rings. The predicted octanol–water partition coefficient (Wildman–Crippen LogP) is 4.62. The Labute approximate surface area is 170 Å². The van der Waals surface area contributed by atoms with Gasteiger partial charge < -0.3 is 9.80 Å². The van der Waals surface area contributed by atoms with E-state index >= 15 is 0 Å². The van der Waals surface area contributed by atoms with Gasteiger partial charge in [-0.15, -0.1) is 11.8 Å². The zero-order valence-electron chi connectivity index (χ0n) is 17.0. The first-order chi connectivity index (χ1) is 13.6. The number of nitrogens with zero attached hydrogens (tertiary/aromatic N) is 5. The molecule has 2 fully saturated rings. The van der Waals surface area contributed by atoms with Crippen LogP contribution >= 0.6 is 11.8 Å². The fraction of sp³-hybridized carbons (Fsp3) is 0.455. The van der Waals surface area contributed by atoms with Gasteiger partial charge in [0.2, 0.25) is 0 Å². The van der Waals surface area contributed by atoms with Gasteiger partial charge in [0.05, 0.1) is 16.9 Å². The van der Waals surface area contributed by atoms with Crippen molar-refractivity contribution in [3.63, 3.8) is 0 Å². The molecule has 2 saturated carbocycles. The molecule has 28 heavy (non-hydrogen) atoms. The second-order valence-corrected chi connectivity index (χ2v) is 8.98. The summed E-state index contributed by atoms with van der Waals surface area (Å²) < 4.78 is 2.15. The molecule has 0 radical (unpaired) electrons. The molecule has 0 amide bonds. The molecule has 0 bridgehead atoms. The molecule has 2 aliphatic carbocycles. The van der Waals surface area contributed by atoms with Crippen LogP contribution in [-0.4, -0.2) is 47.0 Å². The molecule has 0 N–H and O–H groups in total. The van der Waals surface area contributed by atoms with E-state index in [1.807, 2.05) is 25.2 Å².